The van der Waals surface area contributed by atoms with E-state index in [4.69, 9.17) is 6.42 Å². The Kier molecular flexibility index (Phi) is 4.99. The van der Waals surface area contributed by atoms with Crippen molar-refractivity contribution in [2.75, 3.05) is 0 Å². The second kappa shape index (κ2) is 7.38. The molecule has 0 unspecified atom stereocenters. The van der Waals surface area contributed by atoms with Crippen molar-refractivity contribution in [3.05, 3.63) is 71.4 Å². The van der Waals surface area contributed by atoms with Gasteiger partial charge in [-0.05, 0) is 24.3 Å². The molecule has 0 saturated carbocycles. The van der Waals surface area contributed by atoms with Crippen molar-refractivity contribution in [1.29, 1.82) is 0 Å². The van der Waals surface area contributed by atoms with Gasteiger partial charge in [-0.1, -0.05) is 30.2 Å². The van der Waals surface area contributed by atoms with E-state index in [1.165, 1.54) is 18.3 Å². The van der Waals surface area contributed by atoms with Crippen LogP contribution in [0, 0.1) is 12.3 Å². The molecule has 0 aliphatic heterocycles. The van der Waals surface area contributed by atoms with Gasteiger partial charge < -0.3 is 4.57 Å². The molecule has 0 spiro atoms. The summed E-state index contributed by atoms with van der Waals surface area (Å²) in [6.45, 7) is 0.380. The number of halogens is 3. The number of terminal acetylenes is 1. The van der Waals surface area contributed by atoms with E-state index in [9.17, 15) is 18.0 Å². The number of hydrogen-bond acceptors (Lipinski definition) is 2. The molecule has 27 heavy (non-hydrogen) atoms. The Morgan fingerprint density at radius 3 is 2.74 bits per heavy atom. The number of carbonyl (C=O) groups excluding carboxylic acids is 1. The SMILES string of the molecule is C#CCn1cc(C=NNC(=O)c2cccc(C(F)(F)F)c2)c2ccccc21. The molecule has 0 fully saturated rings. The molecule has 3 rings (SSSR count). The molecule has 0 aliphatic rings. The van der Waals surface area contributed by atoms with Gasteiger partial charge in [0.15, 0.2) is 0 Å². The monoisotopic (exact) mass is 369 g/mol. The highest BCUT2D eigenvalue weighted by Crippen LogP contribution is 2.29. The minimum atomic E-state index is -4.52. The summed E-state index contributed by atoms with van der Waals surface area (Å²) in [5, 5.41) is 4.76. The van der Waals surface area contributed by atoms with Crippen LogP contribution in [-0.4, -0.2) is 16.7 Å². The number of carbonyl (C=O) groups is 1. The fraction of sp³-hybridized carbons (Fsp3) is 0.100. The maximum atomic E-state index is 12.7. The quantitative estimate of drug-likeness (QED) is 0.421. The average molecular weight is 369 g/mol. The van der Waals surface area contributed by atoms with Crippen molar-refractivity contribution in [2.24, 2.45) is 5.10 Å². The third kappa shape index (κ3) is 4.01. The lowest BCUT2D eigenvalue weighted by Crippen LogP contribution is -2.18. The zero-order valence-electron chi connectivity index (χ0n) is 14.0. The van der Waals surface area contributed by atoms with Crippen LogP contribution >= 0.6 is 0 Å². The lowest BCUT2D eigenvalue weighted by Gasteiger charge is -2.07. The van der Waals surface area contributed by atoms with E-state index in [0.717, 1.165) is 28.6 Å². The first-order chi connectivity index (χ1) is 12.9. The fourth-order valence-electron chi connectivity index (χ4n) is 2.67. The Morgan fingerprint density at radius 1 is 1.22 bits per heavy atom. The fourth-order valence-corrected chi connectivity index (χ4v) is 2.67. The summed E-state index contributed by atoms with van der Waals surface area (Å²) >= 11 is 0. The predicted molar refractivity (Wildman–Crippen MR) is 97.3 cm³/mol. The summed E-state index contributed by atoms with van der Waals surface area (Å²) in [4.78, 5) is 12.1. The van der Waals surface area contributed by atoms with Crippen molar-refractivity contribution in [2.45, 2.75) is 12.7 Å². The van der Waals surface area contributed by atoms with Crippen molar-refractivity contribution < 1.29 is 18.0 Å². The van der Waals surface area contributed by atoms with Gasteiger partial charge >= 0.3 is 6.18 Å². The normalized spacial score (nSPS) is 11.6. The molecular weight excluding hydrogens is 355 g/mol. The molecular formula is C20H14F3N3O. The molecule has 136 valence electrons. The van der Waals surface area contributed by atoms with Gasteiger partial charge in [0.25, 0.3) is 5.91 Å². The van der Waals surface area contributed by atoms with Crippen LogP contribution in [0.1, 0.15) is 21.5 Å². The molecule has 1 heterocycles. The second-order valence-electron chi connectivity index (χ2n) is 5.71. The molecule has 0 saturated heterocycles. The van der Waals surface area contributed by atoms with Crippen LogP contribution < -0.4 is 5.43 Å². The predicted octanol–water partition coefficient (Wildman–Crippen LogP) is 4.06. The van der Waals surface area contributed by atoms with Gasteiger partial charge in [0.2, 0.25) is 0 Å². The Balaban J connectivity index is 1.79. The topological polar surface area (TPSA) is 46.4 Å². The Labute approximate surface area is 153 Å². The van der Waals surface area contributed by atoms with Crippen molar-refractivity contribution in [3.8, 4) is 12.3 Å². The van der Waals surface area contributed by atoms with Gasteiger partial charge in [-0.2, -0.15) is 18.3 Å². The Bertz CT molecular complexity index is 1060. The first-order valence-electron chi connectivity index (χ1n) is 7.92. The van der Waals surface area contributed by atoms with E-state index in [1.807, 2.05) is 28.8 Å². The molecule has 3 aromatic rings. The number of alkyl halides is 3. The van der Waals surface area contributed by atoms with Gasteiger partial charge in [-0.15, -0.1) is 6.42 Å². The molecule has 7 heteroatoms. The summed E-state index contributed by atoms with van der Waals surface area (Å²) in [6.07, 6.45) is 4.08. The van der Waals surface area contributed by atoms with E-state index >= 15 is 0 Å². The van der Waals surface area contributed by atoms with Crippen LogP contribution in [0.2, 0.25) is 0 Å². The van der Waals surface area contributed by atoms with Gasteiger partial charge in [0.05, 0.1) is 18.3 Å². The summed E-state index contributed by atoms with van der Waals surface area (Å²) in [5.41, 5.74) is 2.87. The molecule has 0 radical (unpaired) electrons. The van der Waals surface area contributed by atoms with Crippen molar-refractivity contribution in [3.63, 3.8) is 0 Å². The zero-order valence-corrected chi connectivity index (χ0v) is 14.0. The molecule has 1 N–H and O–H groups in total. The third-order valence-electron chi connectivity index (χ3n) is 3.90. The van der Waals surface area contributed by atoms with Gasteiger partial charge in [-0.3, -0.25) is 4.79 Å². The Morgan fingerprint density at radius 2 is 2.00 bits per heavy atom. The van der Waals surface area contributed by atoms with Crippen molar-refractivity contribution >= 4 is 23.0 Å². The molecule has 2 aromatic carbocycles. The summed E-state index contributed by atoms with van der Waals surface area (Å²) in [5.74, 6) is 1.83. The van der Waals surface area contributed by atoms with Crippen molar-refractivity contribution in [1.82, 2.24) is 9.99 Å². The number of para-hydroxylation sites is 1. The molecule has 1 aromatic heterocycles. The molecule has 0 atom stereocenters. The smallest absolute Gasteiger partial charge is 0.335 e. The number of amides is 1. The number of aromatic nitrogens is 1. The van der Waals surface area contributed by atoms with Gasteiger partial charge in [0, 0.05) is 28.2 Å². The van der Waals surface area contributed by atoms with Crippen LogP contribution in [0.4, 0.5) is 13.2 Å². The number of fused-ring (bicyclic) bond motifs is 1. The summed E-state index contributed by atoms with van der Waals surface area (Å²) in [7, 11) is 0. The van der Waals surface area contributed by atoms with E-state index in [2.05, 4.69) is 16.4 Å². The highest BCUT2D eigenvalue weighted by Gasteiger charge is 2.30. The standard InChI is InChI=1S/C20H14F3N3O/c1-2-10-26-13-15(17-8-3-4-9-18(17)26)12-24-25-19(27)14-6-5-7-16(11-14)20(21,22)23/h1,3-9,11-13H,10H2,(H,25,27). The first kappa shape index (κ1) is 18.3. The maximum Gasteiger partial charge on any atom is 0.416 e. The van der Waals surface area contributed by atoms with Crippen LogP contribution in [0.3, 0.4) is 0 Å². The third-order valence-corrected chi connectivity index (χ3v) is 3.90. The molecule has 4 nitrogen and oxygen atoms in total. The first-order valence-corrected chi connectivity index (χ1v) is 7.92. The van der Waals surface area contributed by atoms with E-state index in [0.29, 0.717) is 6.54 Å². The molecule has 0 aliphatic carbocycles. The average Bonchev–Trinajstić information content (AvgIpc) is 2.99. The van der Waals surface area contributed by atoms with Crippen LogP contribution in [0.25, 0.3) is 10.9 Å². The van der Waals surface area contributed by atoms with Gasteiger partial charge in [-0.25, -0.2) is 5.43 Å². The summed E-state index contributed by atoms with van der Waals surface area (Å²) < 4.78 is 40.1. The number of hydrogen-bond donors (Lipinski definition) is 1. The maximum absolute atomic E-state index is 12.7. The second-order valence-corrected chi connectivity index (χ2v) is 5.71. The van der Waals surface area contributed by atoms with E-state index in [1.54, 1.807) is 6.20 Å². The largest absolute Gasteiger partial charge is 0.416 e. The lowest BCUT2D eigenvalue weighted by molar-refractivity contribution is -0.137. The summed E-state index contributed by atoms with van der Waals surface area (Å²) in [6, 6.07) is 11.7. The van der Waals surface area contributed by atoms with E-state index in [-0.39, 0.29) is 5.56 Å². The van der Waals surface area contributed by atoms with Crippen LogP contribution in [0.5, 0.6) is 0 Å². The molecule has 1 amide bonds. The number of rotatable bonds is 4. The van der Waals surface area contributed by atoms with E-state index < -0.39 is 17.6 Å². The lowest BCUT2D eigenvalue weighted by atomic mass is 10.1. The minimum Gasteiger partial charge on any atom is -0.335 e. The highest BCUT2D eigenvalue weighted by atomic mass is 19.4. The van der Waals surface area contributed by atoms with Crippen LogP contribution in [-0.2, 0) is 12.7 Å². The number of benzene rings is 2. The number of hydrazone groups is 1. The number of nitrogens with zero attached hydrogens (tertiary/aromatic N) is 2. The minimum absolute atomic E-state index is 0.128. The highest BCUT2D eigenvalue weighted by molar-refractivity contribution is 6.00. The molecule has 0 bridgehead atoms. The Hall–Kier alpha value is -3.53. The zero-order chi connectivity index (χ0) is 19.4. The number of nitrogens with one attached hydrogen (secondary N) is 1. The van der Waals surface area contributed by atoms with Crippen LogP contribution in [0.15, 0.2) is 59.8 Å². The van der Waals surface area contributed by atoms with Gasteiger partial charge in [0.1, 0.15) is 0 Å².